The SMILES string of the molecule is Cn1c(=O)[nH]c(=O)c2c1n([C@@H]1O[C@H](COP(=O)(O)O)[C@@H](O)[C@H]1O)c[n+]2C. The molecule has 14 heteroatoms. The number of imidazole rings is 1. The highest BCUT2D eigenvalue weighted by Crippen LogP contribution is 2.38. The van der Waals surface area contributed by atoms with Gasteiger partial charge in [0.2, 0.25) is 12.6 Å². The van der Waals surface area contributed by atoms with Crippen LogP contribution in [0.25, 0.3) is 11.2 Å². The summed E-state index contributed by atoms with van der Waals surface area (Å²) in [4.78, 5) is 43.6. The lowest BCUT2D eigenvalue weighted by Crippen LogP contribution is -2.36. The molecule has 2 aromatic rings. The van der Waals surface area contributed by atoms with Gasteiger partial charge in [0, 0.05) is 7.05 Å². The molecule has 1 aliphatic rings. The summed E-state index contributed by atoms with van der Waals surface area (Å²) < 4.78 is 24.4. The molecule has 0 aromatic carbocycles. The van der Waals surface area contributed by atoms with E-state index in [-0.39, 0.29) is 11.2 Å². The van der Waals surface area contributed by atoms with E-state index in [1.807, 2.05) is 0 Å². The van der Waals surface area contributed by atoms with Crippen molar-refractivity contribution in [2.75, 3.05) is 6.61 Å². The highest BCUT2D eigenvalue weighted by molar-refractivity contribution is 7.46. The lowest BCUT2D eigenvalue weighted by molar-refractivity contribution is -0.646. The molecule has 144 valence electrons. The van der Waals surface area contributed by atoms with Crippen LogP contribution in [0.2, 0.25) is 0 Å². The maximum Gasteiger partial charge on any atom is 0.469 e. The molecule has 26 heavy (non-hydrogen) atoms. The van der Waals surface area contributed by atoms with Crippen molar-refractivity contribution in [3.8, 4) is 0 Å². The van der Waals surface area contributed by atoms with Crippen LogP contribution in [0.3, 0.4) is 0 Å². The van der Waals surface area contributed by atoms with Crippen LogP contribution in [0.5, 0.6) is 0 Å². The Hall–Kier alpha value is -1.86. The molecule has 5 N–H and O–H groups in total. The molecule has 3 rings (SSSR count). The maximum atomic E-state index is 12.1. The highest BCUT2D eigenvalue weighted by Gasteiger charge is 2.48. The first-order chi connectivity index (χ1) is 12.0. The minimum atomic E-state index is -4.79. The van der Waals surface area contributed by atoms with Crippen LogP contribution in [0, 0.1) is 0 Å². The van der Waals surface area contributed by atoms with Crippen LogP contribution in [0.1, 0.15) is 6.23 Å². The number of aryl methyl sites for hydroxylation is 2. The van der Waals surface area contributed by atoms with E-state index in [1.165, 1.54) is 22.5 Å². The number of aromatic nitrogens is 4. The van der Waals surface area contributed by atoms with Crippen molar-refractivity contribution in [1.29, 1.82) is 0 Å². The van der Waals surface area contributed by atoms with Gasteiger partial charge >= 0.3 is 19.1 Å². The Morgan fingerprint density at radius 3 is 2.62 bits per heavy atom. The van der Waals surface area contributed by atoms with Gasteiger partial charge in [-0.05, 0) is 0 Å². The van der Waals surface area contributed by atoms with E-state index in [0.29, 0.717) is 0 Å². The third-order valence-electron chi connectivity index (χ3n) is 4.18. The van der Waals surface area contributed by atoms with Crippen molar-refractivity contribution in [3.05, 3.63) is 27.2 Å². The molecule has 0 saturated carbocycles. The third-order valence-corrected chi connectivity index (χ3v) is 4.67. The summed E-state index contributed by atoms with van der Waals surface area (Å²) in [5, 5.41) is 20.4. The zero-order valence-corrected chi connectivity index (χ0v) is 14.6. The third kappa shape index (κ3) is 3.14. The van der Waals surface area contributed by atoms with Gasteiger partial charge in [0.15, 0.2) is 0 Å². The fourth-order valence-corrected chi connectivity index (χ4v) is 3.30. The van der Waals surface area contributed by atoms with E-state index in [4.69, 9.17) is 14.5 Å². The number of hydrogen-bond donors (Lipinski definition) is 5. The summed E-state index contributed by atoms with van der Waals surface area (Å²) in [6.07, 6.45) is -4.05. The second-order valence-corrected chi connectivity index (χ2v) is 7.20. The van der Waals surface area contributed by atoms with Gasteiger partial charge in [-0.3, -0.25) is 18.9 Å². The van der Waals surface area contributed by atoms with E-state index in [9.17, 15) is 24.4 Å². The molecule has 0 radical (unpaired) electrons. The highest BCUT2D eigenvalue weighted by atomic mass is 31.2. The minimum absolute atomic E-state index is 0.132. The second-order valence-electron chi connectivity index (χ2n) is 5.96. The molecule has 3 heterocycles. The van der Waals surface area contributed by atoms with E-state index in [0.717, 1.165) is 4.57 Å². The molecule has 2 aromatic heterocycles. The molecule has 0 bridgehead atoms. The van der Waals surface area contributed by atoms with Crippen molar-refractivity contribution in [2.45, 2.75) is 24.5 Å². The van der Waals surface area contributed by atoms with Crippen LogP contribution in [-0.2, 0) is 27.9 Å². The van der Waals surface area contributed by atoms with Crippen LogP contribution >= 0.6 is 7.82 Å². The van der Waals surface area contributed by atoms with Gasteiger partial charge in [-0.15, -0.1) is 0 Å². The Morgan fingerprint density at radius 1 is 1.35 bits per heavy atom. The lowest BCUT2D eigenvalue weighted by Gasteiger charge is -2.14. The van der Waals surface area contributed by atoms with E-state index in [2.05, 4.69) is 9.51 Å². The first-order valence-corrected chi connectivity index (χ1v) is 8.95. The topological polar surface area (TPSA) is 180 Å². The van der Waals surface area contributed by atoms with Gasteiger partial charge in [0.05, 0.1) is 13.7 Å². The predicted octanol–water partition coefficient (Wildman–Crippen LogP) is -3.42. The first kappa shape index (κ1) is 18.9. The monoisotopic (exact) mass is 393 g/mol. The molecule has 0 unspecified atom stereocenters. The number of aliphatic hydroxyl groups excluding tert-OH is 2. The van der Waals surface area contributed by atoms with Crippen LogP contribution in [0.15, 0.2) is 15.9 Å². The zero-order chi connectivity index (χ0) is 19.4. The van der Waals surface area contributed by atoms with Crippen molar-refractivity contribution in [1.82, 2.24) is 14.1 Å². The second kappa shape index (κ2) is 6.39. The van der Waals surface area contributed by atoms with Gasteiger partial charge in [-0.2, -0.15) is 4.57 Å². The van der Waals surface area contributed by atoms with Gasteiger partial charge in [0.25, 0.3) is 11.2 Å². The number of nitrogens with one attached hydrogen (secondary N) is 1. The molecule has 0 spiro atoms. The first-order valence-electron chi connectivity index (χ1n) is 7.42. The van der Waals surface area contributed by atoms with Crippen molar-refractivity contribution >= 4 is 19.0 Å². The number of aliphatic hydroxyl groups is 2. The summed E-state index contributed by atoms with van der Waals surface area (Å²) in [6.45, 7) is -0.663. The summed E-state index contributed by atoms with van der Waals surface area (Å²) >= 11 is 0. The lowest BCUT2D eigenvalue weighted by atomic mass is 10.1. The van der Waals surface area contributed by atoms with E-state index < -0.39 is 50.2 Å². The van der Waals surface area contributed by atoms with Gasteiger partial charge in [0.1, 0.15) is 18.3 Å². The number of phosphoric ester groups is 1. The number of ether oxygens (including phenoxy) is 1. The van der Waals surface area contributed by atoms with Gasteiger partial charge in [-0.25, -0.2) is 13.9 Å². The zero-order valence-electron chi connectivity index (χ0n) is 13.7. The minimum Gasteiger partial charge on any atom is -0.387 e. The fourth-order valence-electron chi connectivity index (χ4n) is 2.96. The molecule has 13 nitrogen and oxygen atoms in total. The van der Waals surface area contributed by atoms with Crippen molar-refractivity contribution < 1.29 is 38.4 Å². The Labute approximate surface area is 144 Å². The number of hydrogen-bond acceptors (Lipinski definition) is 7. The molecule has 0 amide bonds. The standard InChI is InChI=1S/C12H17N4O9P/c1-14-4-16(10-6(14)9(19)13-12(20)15(10)2)11-8(18)7(17)5(25-11)3-24-26(21,22)23/h4-5,7-8,11,17-18H,3H2,1-2H3,(H2-,13,19,20,21,22,23)/p+1/t5-,7-,8-,11-/m1/s1. The number of aromatic amines is 1. The molecule has 1 aliphatic heterocycles. The summed E-state index contributed by atoms with van der Waals surface area (Å²) in [7, 11) is -1.83. The number of fused-ring (bicyclic) bond motifs is 1. The van der Waals surface area contributed by atoms with Gasteiger partial charge in [-0.1, -0.05) is 0 Å². The smallest absolute Gasteiger partial charge is 0.387 e. The quantitative estimate of drug-likeness (QED) is 0.261. The van der Waals surface area contributed by atoms with E-state index in [1.54, 1.807) is 7.05 Å². The molecular weight excluding hydrogens is 375 g/mol. The average Bonchev–Trinajstić information content (AvgIpc) is 3.01. The van der Waals surface area contributed by atoms with Crippen LogP contribution in [0.4, 0.5) is 0 Å². The Kier molecular flexibility index (Phi) is 4.65. The summed E-state index contributed by atoms with van der Waals surface area (Å²) in [6, 6.07) is 0. The fraction of sp³-hybridized carbons (Fsp3) is 0.583. The number of H-pyrrole nitrogens is 1. The molecule has 1 saturated heterocycles. The Bertz CT molecular complexity index is 1000. The molecular formula is C12H18N4O9P+. The summed E-state index contributed by atoms with van der Waals surface area (Å²) in [5.41, 5.74) is -1.06. The number of nitrogens with zero attached hydrogens (tertiary/aromatic N) is 3. The Morgan fingerprint density at radius 2 is 2.00 bits per heavy atom. The van der Waals surface area contributed by atoms with Crippen LogP contribution in [-0.4, -0.2) is 59.0 Å². The number of rotatable bonds is 4. The maximum absolute atomic E-state index is 12.1. The number of phosphoric acid groups is 1. The largest absolute Gasteiger partial charge is 0.469 e. The Balaban J connectivity index is 2.03. The van der Waals surface area contributed by atoms with E-state index >= 15 is 0 Å². The average molecular weight is 393 g/mol. The van der Waals surface area contributed by atoms with Gasteiger partial charge < -0.3 is 24.7 Å². The predicted molar refractivity (Wildman–Crippen MR) is 82.9 cm³/mol. The van der Waals surface area contributed by atoms with Crippen molar-refractivity contribution in [2.24, 2.45) is 14.1 Å². The van der Waals surface area contributed by atoms with Crippen molar-refractivity contribution in [3.63, 3.8) is 0 Å². The molecule has 1 fully saturated rings. The molecule has 0 aliphatic carbocycles. The molecule has 4 atom stereocenters. The normalized spacial score (nSPS) is 26.7. The van der Waals surface area contributed by atoms with Crippen LogP contribution < -0.4 is 15.8 Å². The summed E-state index contributed by atoms with van der Waals surface area (Å²) in [5.74, 6) is 0.